The second-order valence-corrected chi connectivity index (χ2v) is 8.05. The van der Waals surface area contributed by atoms with Crippen molar-refractivity contribution in [3.8, 4) is 11.5 Å². The van der Waals surface area contributed by atoms with Crippen molar-refractivity contribution in [3.05, 3.63) is 45.1 Å². The number of carbonyl (C=O) groups excluding carboxylic acids is 3. The van der Waals surface area contributed by atoms with E-state index in [2.05, 4.69) is 5.32 Å². The molecule has 4 aliphatic heterocycles. The van der Waals surface area contributed by atoms with Crippen molar-refractivity contribution in [2.24, 2.45) is 0 Å². The van der Waals surface area contributed by atoms with E-state index in [-0.39, 0.29) is 25.4 Å². The number of hydrogen-bond acceptors (Lipinski definition) is 8. The molecule has 160 valence electrons. The Morgan fingerprint density at radius 3 is 2.94 bits per heavy atom. The second kappa shape index (κ2) is 7.36. The number of ketones is 1. The Balaban J connectivity index is 1.67. The Morgan fingerprint density at radius 1 is 1.32 bits per heavy atom. The molecule has 0 aliphatic carbocycles. The Bertz CT molecular complexity index is 1110. The highest BCUT2D eigenvalue weighted by Crippen LogP contribution is 2.55. The number of carbonyl (C=O) groups is 4. The highest BCUT2D eigenvalue weighted by molar-refractivity contribution is 7.10. The van der Waals surface area contributed by atoms with E-state index < -0.39 is 35.9 Å². The summed E-state index contributed by atoms with van der Waals surface area (Å²) in [5, 5.41) is 13.6. The molecule has 2 bridgehead atoms. The number of carboxylic acids is 1. The fraction of sp³-hybridized carbons (Fsp3) is 0.300. The summed E-state index contributed by atoms with van der Waals surface area (Å²) in [6, 6.07) is 5.14. The largest absolute Gasteiger partial charge is 0.478 e. The fourth-order valence-corrected chi connectivity index (χ4v) is 5.38. The van der Waals surface area contributed by atoms with Gasteiger partial charge in [0, 0.05) is 24.0 Å². The van der Waals surface area contributed by atoms with Gasteiger partial charge >= 0.3 is 5.97 Å². The third kappa shape index (κ3) is 2.88. The third-order valence-electron chi connectivity index (χ3n) is 5.55. The number of rotatable bonds is 6. The number of benzene rings is 1. The van der Waals surface area contributed by atoms with Crippen LogP contribution in [0.2, 0.25) is 0 Å². The lowest BCUT2D eigenvalue weighted by molar-refractivity contribution is -0.151. The van der Waals surface area contributed by atoms with Gasteiger partial charge in [-0.15, -0.1) is 11.3 Å². The molecule has 0 saturated carbocycles. The van der Waals surface area contributed by atoms with Gasteiger partial charge in [0.05, 0.1) is 16.4 Å². The summed E-state index contributed by atoms with van der Waals surface area (Å²) in [6.07, 6.45) is -1.42. The topological polar surface area (TPSA) is 131 Å². The average Bonchev–Trinajstić information content (AvgIpc) is 3.39. The summed E-state index contributed by atoms with van der Waals surface area (Å²) in [4.78, 5) is 50.7. The molecule has 5 heterocycles. The lowest BCUT2D eigenvalue weighted by Crippen LogP contribution is -2.41. The van der Waals surface area contributed by atoms with Crippen LogP contribution in [-0.2, 0) is 19.1 Å². The van der Waals surface area contributed by atoms with Crippen molar-refractivity contribution in [2.45, 2.75) is 18.2 Å². The molecule has 11 heteroatoms. The van der Waals surface area contributed by atoms with Crippen molar-refractivity contribution in [1.82, 2.24) is 10.2 Å². The SMILES string of the molecule is O=CNCCN1C(=O)C(=O)C2c3c(C(=O)O)csc3C1OC2c1cccc2c1OCO2. The monoisotopic (exact) mass is 444 g/mol. The number of ether oxygens (including phenoxy) is 3. The minimum Gasteiger partial charge on any atom is -0.478 e. The zero-order valence-electron chi connectivity index (χ0n) is 15.9. The average molecular weight is 444 g/mol. The van der Waals surface area contributed by atoms with E-state index in [0.29, 0.717) is 33.9 Å². The second-order valence-electron chi connectivity index (χ2n) is 7.13. The number of para-hydroxylation sites is 1. The third-order valence-corrected chi connectivity index (χ3v) is 6.58. The highest BCUT2D eigenvalue weighted by Gasteiger charge is 2.54. The molecule has 1 aromatic carbocycles. The number of hydrogen-bond donors (Lipinski definition) is 2. The summed E-state index contributed by atoms with van der Waals surface area (Å²) in [5.41, 5.74) is 0.772. The Labute approximate surface area is 179 Å². The Morgan fingerprint density at radius 2 is 2.16 bits per heavy atom. The molecule has 2 amide bonds. The molecule has 3 unspecified atom stereocenters. The van der Waals surface area contributed by atoms with Crippen LogP contribution in [0.1, 0.15) is 44.6 Å². The van der Waals surface area contributed by atoms with Crippen LogP contribution >= 0.6 is 11.3 Å². The van der Waals surface area contributed by atoms with Gasteiger partial charge in [-0.3, -0.25) is 14.4 Å². The molecule has 0 spiro atoms. The number of amides is 2. The van der Waals surface area contributed by atoms with Crippen molar-refractivity contribution in [2.75, 3.05) is 19.9 Å². The molecule has 2 aromatic rings. The van der Waals surface area contributed by atoms with Crippen molar-refractivity contribution < 1.29 is 38.5 Å². The van der Waals surface area contributed by atoms with Gasteiger partial charge in [0.25, 0.3) is 5.91 Å². The molecule has 1 saturated heterocycles. The molecular weight excluding hydrogens is 428 g/mol. The minimum atomic E-state index is -1.18. The van der Waals surface area contributed by atoms with E-state index in [9.17, 15) is 24.3 Å². The predicted octanol–water partition coefficient (Wildman–Crippen LogP) is 1.19. The van der Waals surface area contributed by atoms with Gasteiger partial charge in [0.2, 0.25) is 19.0 Å². The molecule has 1 aromatic heterocycles. The maximum absolute atomic E-state index is 13.3. The summed E-state index contributed by atoms with van der Waals surface area (Å²) in [5.74, 6) is -2.99. The van der Waals surface area contributed by atoms with E-state index in [1.54, 1.807) is 18.2 Å². The van der Waals surface area contributed by atoms with Crippen LogP contribution in [0.15, 0.2) is 23.6 Å². The lowest BCUT2D eigenvalue weighted by atomic mass is 9.82. The zero-order chi connectivity index (χ0) is 21.7. The molecule has 1 fully saturated rings. The first-order valence-corrected chi connectivity index (χ1v) is 10.3. The molecule has 0 radical (unpaired) electrons. The molecule has 31 heavy (non-hydrogen) atoms. The van der Waals surface area contributed by atoms with Crippen LogP contribution in [0.5, 0.6) is 11.5 Å². The van der Waals surface area contributed by atoms with E-state index in [1.807, 2.05) is 0 Å². The molecular formula is C20H16N2O8S. The van der Waals surface area contributed by atoms with Crippen molar-refractivity contribution >= 4 is 35.4 Å². The smallest absolute Gasteiger partial charge is 0.336 e. The van der Waals surface area contributed by atoms with E-state index in [0.717, 1.165) is 11.3 Å². The van der Waals surface area contributed by atoms with Gasteiger partial charge in [-0.1, -0.05) is 12.1 Å². The molecule has 4 aliphatic rings. The van der Waals surface area contributed by atoms with Crippen LogP contribution < -0.4 is 14.8 Å². The van der Waals surface area contributed by atoms with Crippen LogP contribution in [0.3, 0.4) is 0 Å². The summed E-state index contributed by atoms with van der Waals surface area (Å²) >= 11 is 1.13. The van der Waals surface area contributed by atoms with E-state index in [4.69, 9.17) is 14.2 Å². The lowest BCUT2D eigenvalue weighted by Gasteiger charge is -2.35. The van der Waals surface area contributed by atoms with Gasteiger partial charge in [-0.25, -0.2) is 4.79 Å². The highest BCUT2D eigenvalue weighted by atomic mass is 32.1. The maximum Gasteiger partial charge on any atom is 0.336 e. The van der Waals surface area contributed by atoms with Gasteiger partial charge in [0.1, 0.15) is 6.10 Å². The maximum atomic E-state index is 13.3. The Hall–Kier alpha value is -3.44. The van der Waals surface area contributed by atoms with Gasteiger partial charge in [-0.2, -0.15) is 0 Å². The molecule has 6 rings (SSSR count). The molecule has 2 N–H and O–H groups in total. The van der Waals surface area contributed by atoms with Gasteiger partial charge in [-0.05, 0) is 11.6 Å². The predicted molar refractivity (Wildman–Crippen MR) is 104 cm³/mol. The van der Waals surface area contributed by atoms with Gasteiger partial charge in [0.15, 0.2) is 17.7 Å². The Kier molecular flexibility index (Phi) is 4.63. The normalized spacial score (nSPS) is 23.5. The zero-order valence-corrected chi connectivity index (χ0v) is 16.7. The van der Waals surface area contributed by atoms with Crippen LogP contribution in [0.25, 0.3) is 0 Å². The molecule has 10 nitrogen and oxygen atoms in total. The van der Waals surface area contributed by atoms with E-state index >= 15 is 0 Å². The number of nitrogens with one attached hydrogen (secondary N) is 1. The van der Waals surface area contributed by atoms with Crippen LogP contribution in [-0.4, -0.2) is 54.0 Å². The summed E-state index contributed by atoms with van der Waals surface area (Å²) < 4.78 is 17.3. The van der Waals surface area contributed by atoms with Crippen LogP contribution in [0, 0.1) is 0 Å². The number of carboxylic acid groups (broad SMARTS) is 1. The quantitative estimate of drug-likeness (QED) is 0.386. The first kappa shape index (κ1) is 19.5. The number of Topliss-reactive ketones (excluding diaryl/α,β-unsaturated/α-hetero) is 1. The van der Waals surface area contributed by atoms with Crippen LogP contribution in [0.4, 0.5) is 0 Å². The standard InChI is InChI=1S/C20H16N2O8S/c23-7-21-4-5-22-18(25)14(24)13-12-10(20(26)27)6-31-17(12)19(22)30-16(13)9-2-1-3-11-15(9)29-8-28-11/h1-3,6-7,13,16,19H,4-5,8H2,(H,21,23)(H,26,27). The van der Waals surface area contributed by atoms with Gasteiger partial charge < -0.3 is 29.5 Å². The summed E-state index contributed by atoms with van der Waals surface area (Å²) in [7, 11) is 0. The fourth-order valence-electron chi connectivity index (χ4n) is 4.25. The number of aromatic carboxylic acids is 1. The number of nitrogens with zero attached hydrogens (tertiary/aromatic N) is 1. The first-order chi connectivity index (χ1) is 15.0. The summed E-state index contributed by atoms with van der Waals surface area (Å²) in [6.45, 7) is 0.148. The molecule has 3 atom stereocenters. The van der Waals surface area contributed by atoms with Crippen molar-refractivity contribution in [3.63, 3.8) is 0 Å². The minimum absolute atomic E-state index is 0.00755. The van der Waals surface area contributed by atoms with E-state index in [1.165, 1.54) is 10.3 Å². The number of thiophene rings is 1. The number of fused-ring (bicyclic) bond motifs is 4. The van der Waals surface area contributed by atoms with Crippen molar-refractivity contribution in [1.29, 1.82) is 0 Å². The first-order valence-electron chi connectivity index (χ1n) is 9.43.